The summed E-state index contributed by atoms with van der Waals surface area (Å²) in [6.07, 6.45) is 3.69. The molecule has 26 heavy (non-hydrogen) atoms. The Balaban J connectivity index is 1.60. The van der Waals surface area contributed by atoms with Crippen LogP contribution >= 0.6 is 11.6 Å². The standard InChI is InChI=1S/C20H16ClN5/c21-15-6-5-8-17(12-15)26-14-20(24-25-26)18-9-1-2-10-19(18)23-13-16-7-3-4-11-22-16/h1-12,14,23H,13H2. The highest BCUT2D eigenvalue weighted by atomic mass is 35.5. The van der Waals surface area contributed by atoms with Crippen molar-refractivity contribution < 1.29 is 0 Å². The van der Waals surface area contributed by atoms with Crippen molar-refractivity contribution in [2.45, 2.75) is 6.54 Å². The van der Waals surface area contributed by atoms with Crippen LogP contribution in [0.25, 0.3) is 16.9 Å². The van der Waals surface area contributed by atoms with E-state index in [0.29, 0.717) is 11.6 Å². The zero-order chi connectivity index (χ0) is 17.8. The summed E-state index contributed by atoms with van der Waals surface area (Å²) in [6, 6.07) is 21.4. The largest absolute Gasteiger partial charge is 0.379 e. The Bertz CT molecular complexity index is 1010. The van der Waals surface area contributed by atoms with Crippen molar-refractivity contribution in [2.24, 2.45) is 0 Å². The van der Waals surface area contributed by atoms with Crippen LogP contribution in [-0.2, 0) is 6.54 Å². The van der Waals surface area contributed by atoms with Gasteiger partial charge in [0.15, 0.2) is 0 Å². The van der Waals surface area contributed by atoms with Crippen molar-refractivity contribution in [2.75, 3.05) is 5.32 Å². The van der Waals surface area contributed by atoms with Gasteiger partial charge in [-0.15, -0.1) is 5.10 Å². The van der Waals surface area contributed by atoms with Gasteiger partial charge in [-0.25, -0.2) is 4.68 Å². The SMILES string of the molecule is Clc1cccc(-n2cc(-c3ccccc3NCc3ccccn3)nn2)c1. The topological polar surface area (TPSA) is 55.6 Å². The molecule has 2 aromatic heterocycles. The van der Waals surface area contributed by atoms with E-state index < -0.39 is 0 Å². The second-order valence-corrected chi connectivity index (χ2v) is 6.18. The molecule has 0 aliphatic rings. The minimum absolute atomic E-state index is 0.639. The van der Waals surface area contributed by atoms with Crippen LogP contribution in [0.2, 0.25) is 5.02 Å². The van der Waals surface area contributed by atoms with Crippen LogP contribution in [-0.4, -0.2) is 20.0 Å². The predicted octanol–water partition coefficient (Wildman–Crippen LogP) is 4.59. The van der Waals surface area contributed by atoms with Crippen LogP contribution in [0.15, 0.2) is 79.1 Å². The third-order valence-electron chi connectivity index (χ3n) is 3.96. The number of nitrogens with one attached hydrogen (secondary N) is 1. The van der Waals surface area contributed by atoms with Gasteiger partial charge in [0.2, 0.25) is 0 Å². The maximum absolute atomic E-state index is 6.07. The molecular weight excluding hydrogens is 346 g/mol. The average molecular weight is 362 g/mol. The molecule has 0 fully saturated rings. The molecule has 5 nitrogen and oxygen atoms in total. The lowest BCUT2D eigenvalue weighted by Crippen LogP contribution is -2.02. The fourth-order valence-electron chi connectivity index (χ4n) is 2.68. The number of hydrogen-bond donors (Lipinski definition) is 1. The van der Waals surface area contributed by atoms with E-state index in [-0.39, 0.29) is 0 Å². The van der Waals surface area contributed by atoms with Gasteiger partial charge in [0.1, 0.15) is 5.69 Å². The quantitative estimate of drug-likeness (QED) is 0.564. The number of pyridine rings is 1. The normalized spacial score (nSPS) is 10.7. The summed E-state index contributed by atoms with van der Waals surface area (Å²) in [7, 11) is 0. The van der Waals surface area contributed by atoms with Gasteiger partial charge in [0.25, 0.3) is 0 Å². The molecule has 0 radical (unpaired) electrons. The van der Waals surface area contributed by atoms with Crippen LogP contribution in [0.3, 0.4) is 0 Å². The van der Waals surface area contributed by atoms with Crippen LogP contribution in [0.5, 0.6) is 0 Å². The van der Waals surface area contributed by atoms with Gasteiger partial charge in [-0.05, 0) is 36.4 Å². The Labute approximate surface area is 156 Å². The van der Waals surface area contributed by atoms with Crippen molar-refractivity contribution in [1.82, 2.24) is 20.0 Å². The first-order valence-electron chi connectivity index (χ1n) is 8.21. The van der Waals surface area contributed by atoms with Crippen LogP contribution in [0.1, 0.15) is 5.69 Å². The number of anilines is 1. The Kier molecular flexibility index (Phi) is 4.62. The lowest BCUT2D eigenvalue weighted by molar-refractivity contribution is 0.804. The molecule has 0 unspecified atom stereocenters. The molecule has 0 aliphatic carbocycles. The van der Waals surface area contributed by atoms with Gasteiger partial charge in [0, 0.05) is 22.5 Å². The van der Waals surface area contributed by atoms with Gasteiger partial charge in [-0.3, -0.25) is 4.98 Å². The Morgan fingerprint density at radius 1 is 0.962 bits per heavy atom. The highest BCUT2D eigenvalue weighted by molar-refractivity contribution is 6.30. The monoisotopic (exact) mass is 361 g/mol. The molecule has 0 spiro atoms. The fraction of sp³-hybridized carbons (Fsp3) is 0.0500. The molecule has 128 valence electrons. The molecule has 4 rings (SSSR count). The number of nitrogens with zero attached hydrogens (tertiary/aromatic N) is 4. The molecule has 6 heteroatoms. The molecule has 0 aliphatic heterocycles. The summed E-state index contributed by atoms with van der Waals surface area (Å²) < 4.78 is 1.72. The van der Waals surface area contributed by atoms with Crippen LogP contribution in [0.4, 0.5) is 5.69 Å². The van der Waals surface area contributed by atoms with E-state index in [1.165, 1.54) is 0 Å². The summed E-state index contributed by atoms with van der Waals surface area (Å²) >= 11 is 6.07. The third kappa shape index (κ3) is 3.58. The van der Waals surface area contributed by atoms with Crippen molar-refractivity contribution >= 4 is 17.3 Å². The Morgan fingerprint density at radius 2 is 1.85 bits per heavy atom. The van der Waals surface area contributed by atoms with E-state index in [1.807, 2.05) is 72.9 Å². The minimum atomic E-state index is 0.639. The van der Waals surface area contributed by atoms with Gasteiger partial charge >= 0.3 is 0 Å². The first kappa shape index (κ1) is 16.3. The second kappa shape index (κ2) is 7.37. The molecule has 2 aromatic carbocycles. The molecule has 0 amide bonds. The molecule has 0 saturated heterocycles. The van der Waals surface area contributed by atoms with Gasteiger partial charge < -0.3 is 5.32 Å². The Hall–Kier alpha value is -3.18. The summed E-state index contributed by atoms with van der Waals surface area (Å²) in [6.45, 7) is 0.639. The van der Waals surface area contributed by atoms with E-state index in [9.17, 15) is 0 Å². The first-order valence-corrected chi connectivity index (χ1v) is 8.59. The molecule has 1 N–H and O–H groups in total. The molecule has 0 bridgehead atoms. The van der Waals surface area contributed by atoms with Crippen molar-refractivity contribution in [3.05, 3.63) is 89.8 Å². The number of halogens is 1. The van der Waals surface area contributed by atoms with Crippen LogP contribution in [0, 0.1) is 0 Å². The number of benzene rings is 2. The third-order valence-corrected chi connectivity index (χ3v) is 4.19. The van der Waals surface area contributed by atoms with Crippen LogP contribution < -0.4 is 5.32 Å². The smallest absolute Gasteiger partial charge is 0.115 e. The highest BCUT2D eigenvalue weighted by Crippen LogP contribution is 2.27. The lowest BCUT2D eigenvalue weighted by atomic mass is 10.1. The minimum Gasteiger partial charge on any atom is -0.379 e. The molecule has 0 saturated carbocycles. The maximum atomic E-state index is 6.07. The molecule has 2 heterocycles. The summed E-state index contributed by atoms with van der Waals surface area (Å²) in [5, 5.41) is 12.6. The zero-order valence-electron chi connectivity index (χ0n) is 13.9. The number of aromatic nitrogens is 4. The van der Waals surface area contributed by atoms with Gasteiger partial charge in [-0.1, -0.05) is 47.1 Å². The number of para-hydroxylation sites is 1. The first-order chi connectivity index (χ1) is 12.8. The van der Waals surface area contributed by atoms with E-state index >= 15 is 0 Å². The lowest BCUT2D eigenvalue weighted by Gasteiger charge is -2.09. The van der Waals surface area contributed by atoms with E-state index in [4.69, 9.17) is 11.6 Å². The predicted molar refractivity (Wildman–Crippen MR) is 103 cm³/mol. The average Bonchev–Trinajstić information content (AvgIpc) is 3.17. The van der Waals surface area contributed by atoms with E-state index in [0.717, 1.165) is 28.3 Å². The second-order valence-electron chi connectivity index (χ2n) is 5.75. The summed E-state index contributed by atoms with van der Waals surface area (Å²) in [4.78, 5) is 4.34. The molecular formula is C20H16ClN5. The van der Waals surface area contributed by atoms with Gasteiger partial charge in [0.05, 0.1) is 24.1 Å². The maximum Gasteiger partial charge on any atom is 0.115 e. The van der Waals surface area contributed by atoms with E-state index in [2.05, 4.69) is 20.6 Å². The summed E-state index contributed by atoms with van der Waals surface area (Å²) in [5.41, 5.74) is 4.60. The number of hydrogen-bond acceptors (Lipinski definition) is 4. The number of rotatable bonds is 5. The van der Waals surface area contributed by atoms with E-state index in [1.54, 1.807) is 10.9 Å². The fourth-order valence-corrected chi connectivity index (χ4v) is 2.87. The van der Waals surface area contributed by atoms with Crippen molar-refractivity contribution in [3.63, 3.8) is 0 Å². The van der Waals surface area contributed by atoms with Gasteiger partial charge in [-0.2, -0.15) is 0 Å². The van der Waals surface area contributed by atoms with Crippen molar-refractivity contribution in [1.29, 1.82) is 0 Å². The summed E-state index contributed by atoms with van der Waals surface area (Å²) in [5.74, 6) is 0. The zero-order valence-corrected chi connectivity index (χ0v) is 14.6. The molecule has 0 atom stereocenters. The Morgan fingerprint density at radius 3 is 2.69 bits per heavy atom. The molecule has 4 aromatic rings. The van der Waals surface area contributed by atoms with Crippen molar-refractivity contribution in [3.8, 4) is 16.9 Å². The highest BCUT2D eigenvalue weighted by Gasteiger charge is 2.10.